The van der Waals surface area contributed by atoms with Gasteiger partial charge in [-0.3, -0.25) is 4.40 Å². The van der Waals surface area contributed by atoms with Crippen LogP contribution in [0, 0.1) is 0 Å². The fourth-order valence-corrected chi connectivity index (χ4v) is 9.41. The molecule has 0 spiro atoms. The van der Waals surface area contributed by atoms with Gasteiger partial charge in [0, 0.05) is 43.7 Å². The molecule has 0 bridgehead atoms. The van der Waals surface area contributed by atoms with E-state index in [0.717, 1.165) is 72.0 Å². The van der Waals surface area contributed by atoms with E-state index in [1.54, 1.807) is 0 Å². The van der Waals surface area contributed by atoms with Crippen LogP contribution in [0.4, 0.5) is 0 Å². The summed E-state index contributed by atoms with van der Waals surface area (Å²) in [5, 5.41) is 9.36. The Bertz CT molecular complexity index is 3540. The third-order valence-corrected chi connectivity index (χ3v) is 11.8. The lowest BCUT2D eigenvalue weighted by molar-refractivity contribution is 0.650. The first kappa shape index (κ1) is 29.8. The molecule has 5 aromatic heterocycles. The Hall–Kier alpha value is -7.63. The minimum absolute atomic E-state index is 0.810. The maximum absolute atomic E-state index is 6.80. The smallest absolute Gasteiger partial charge is 0.215 e. The largest absolute Gasteiger partial charge is 0.439 e. The highest BCUT2D eigenvalue weighted by atomic mass is 16.3. The topological polar surface area (TPSA) is 40.3 Å². The van der Waals surface area contributed by atoms with Crippen molar-refractivity contribution in [2.45, 2.75) is 0 Å². The molecular weight excluding hydrogens is 685 g/mol. The number of imidazole rings is 1. The number of para-hydroxylation sites is 6. The van der Waals surface area contributed by atoms with Crippen molar-refractivity contribution < 1.29 is 4.42 Å². The summed E-state index contributed by atoms with van der Waals surface area (Å²) in [5.41, 5.74) is 13.7. The number of pyridine rings is 1. The van der Waals surface area contributed by atoms with Crippen molar-refractivity contribution in [1.29, 1.82) is 0 Å². The van der Waals surface area contributed by atoms with Crippen molar-refractivity contribution in [2.75, 3.05) is 0 Å². The summed E-state index contributed by atoms with van der Waals surface area (Å²) in [6.45, 7) is 0. The number of nitrogens with zero attached hydrogens (tertiary/aromatic N) is 4. The fourth-order valence-electron chi connectivity index (χ4n) is 9.41. The van der Waals surface area contributed by atoms with Crippen molar-refractivity contribution in [3.8, 4) is 22.5 Å². The molecule has 0 unspecified atom stereocenters. The van der Waals surface area contributed by atoms with Gasteiger partial charge in [0.05, 0.1) is 38.5 Å². The molecule has 13 aromatic rings. The third kappa shape index (κ3) is 3.95. The number of hydrogen-bond donors (Lipinski definition) is 0. The molecule has 0 amide bonds. The zero-order valence-electron chi connectivity index (χ0n) is 30.0. The Labute approximate surface area is 319 Å². The summed E-state index contributed by atoms with van der Waals surface area (Å²) >= 11 is 0. The molecule has 5 heterocycles. The van der Waals surface area contributed by atoms with Gasteiger partial charge < -0.3 is 13.6 Å². The van der Waals surface area contributed by atoms with E-state index < -0.39 is 0 Å². The number of hydrogen-bond acceptors (Lipinski definition) is 2. The Kier molecular flexibility index (Phi) is 5.83. The van der Waals surface area contributed by atoms with Crippen LogP contribution in [0.3, 0.4) is 0 Å². The molecule has 260 valence electrons. The molecule has 0 aliphatic heterocycles. The number of furan rings is 1. The molecule has 0 saturated carbocycles. The van der Waals surface area contributed by atoms with E-state index in [1.165, 1.54) is 43.6 Å². The average Bonchev–Trinajstić information content (AvgIpc) is 4.01. The summed E-state index contributed by atoms with van der Waals surface area (Å²) in [6, 6.07) is 65.5. The molecule has 56 heavy (non-hydrogen) atoms. The normalized spacial score (nSPS) is 12.3. The van der Waals surface area contributed by atoms with E-state index in [2.05, 4.69) is 189 Å². The van der Waals surface area contributed by atoms with Crippen LogP contribution in [-0.2, 0) is 0 Å². The Morgan fingerprint density at radius 3 is 1.43 bits per heavy atom. The first-order chi connectivity index (χ1) is 27.8. The molecule has 0 atom stereocenters. The van der Waals surface area contributed by atoms with Crippen LogP contribution >= 0.6 is 0 Å². The number of benzene rings is 8. The zero-order valence-corrected chi connectivity index (χ0v) is 30.0. The average molecular weight is 715 g/mol. The van der Waals surface area contributed by atoms with Crippen LogP contribution in [0.5, 0.6) is 0 Å². The molecule has 5 nitrogen and oxygen atoms in total. The Balaban J connectivity index is 1.14. The minimum atomic E-state index is 0.810. The predicted molar refractivity (Wildman–Crippen MR) is 232 cm³/mol. The second-order valence-corrected chi connectivity index (χ2v) is 14.8. The first-order valence-corrected chi connectivity index (χ1v) is 19.1. The van der Waals surface area contributed by atoms with Gasteiger partial charge >= 0.3 is 0 Å². The number of rotatable bonds is 3. The highest BCUT2D eigenvalue weighted by molar-refractivity contribution is 6.22. The van der Waals surface area contributed by atoms with Gasteiger partial charge in [-0.15, -0.1) is 0 Å². The number of aromatic nitrogens is 4. The lowest BCUT2D eigenvalue weighted by atomic mass is 10.00. The summed E-state index contributed by atoms with van der Waals surface area (Å²) < 4.78 is 13.8. The molecule has 0 radical (unpaired) electrons. The first-order valence-electron chi connectivity index (χ1n) is 19.1. The SMILES string of the molecule is c1ccc2c(c1)nc1c3ccccc3c3c4cc(-c5cc(-n6c7ccccc7c7ccccc76)cc(-n6c7ccccc7c7ccccc76)c5)ccc4oc3n21. The van der Waals surface area contributed by atoms with Crippen LogP contribution in [0.2, 0.25) is 0 Å². The van der Waals surface area contributed by atoms with Crippen molar-refractivity contribution in [3.05, 3.63) is 182 Å². The summed E-state index contributed by atoms with van der Waals surface area (Å²) in [4.78, 5) is 5.08. The van der Waals surface area contributed by atoms with Crippen LogP contribution in [0.15, 0.2) is 186 Å². The van der Waals surface area contributed by atoms with E-state index in [4.69, 9.17) is 9.40 Å². The van der Waals surface area contributed by atoms with Gasteiger partial charge in [0.15, 0.2) is 0 Å². The monoisotopic (exact) mass is 714 g/mol. The van der Waals surface area contributed by atoms with Gasteiger partial charge in [0.25, 0.3) is 0 Å². The molecule has 0 fully saturated rings. The van der Waals surface area contributed by atoms with E-state index in [1.807, 2.05) is 6.07 Å². The third-order valence-electron chi connectivity index (χ3n) is 11.8. The lowest BCUT2D eigenvalue weighted by Crippen LogP contribution is -2.00. The standard InChI is InChI=1S/C51H30N4O/c1-2-18-40-39(17-1)49-41-29-31(25-26-48(41)56-51(49)55-47-24-12-7-19-42(47)52-50(40)55)32-27-33(53-43-20-8-3-13-35(43)36-14-4-9-21-44(36)53)30-34(28-32)54-45-22-10-5-15-37(45)38-16-6-11-23-46(38)54/h1-30H. The van der Waals surface area contributed by atoms with Gasteiger partial charge in [0.1, 0.15) is 11.2 Å². The second kappa shape index (κ2) is 11.0. The van der Waals surface area contributed by atoms with Crippen LogP contribution in [0.1, 0.15) is 0 Å². The molecule has 0 saturated heterocycles. The van der Waals surface area contributed by atoms with Gasteiger partial charge in [0.2, 0.25) is 5.71 Å². The highest BCUT2D eigenvalue weighted by Gasteiger charge is 2.21. The summed E-state index contributed by atoms with van der Waals surface area (Å²) in [6.07, 6.45) is 0. The van der Waals surface area contributed by atoms with E-state index >= 15 is 0 Å². The van der Waals surface area contributed by atoms with Crippen molar-refractivity contribution >= 4 is 93.1 Å². The van der Waals surface area contributed by atoms with Crippen LogP contribution in [-0.4, -0.2) is 18.5 Å². The van der Waals surface area contributed by atoms with Crippen molar-refractivity contribution in [3.63, 3.8) is 0 Å². The fraction of sp³-hybridized carbons (Fsp3) is 0. The van der Waals surface area contributed by atoms with E-state index in [9.17, 15) is 0 Å². The van der Waals surface area contributed by atoms with Gasteiger partial charge in [-0.2, -0.15) is 0 Å². The molecule has 5 heteroatoms. The quantitative estimate of drug-likeness (QED) is 0.183. The second-order valence-electron chi connectivity index (χ2n) is 14.8. The maximum atomic E-state index is 6.80. The van der Waals surface area contributed by atoms with Crippen LogP contribution < -0.4 is 0 Å². The summed E-state index contributed by atoms with van der Waals surface area (Å²) in [5.74, 6) is 0. The van der Waals surface area contributed by atoms with Gasteiger partial charge in [-0.1, -0.05) is 115 Å². The van der Waals surface area contributed by atoms with E-state index in [0.29, 0.717) is 0 Å². The maximum Gasteiger partial charge on any atom is 0.215 e. The lowest BCUT2D eigenvalue weighted by Gasteiger charge is -2.16. The molecule has 0 N–H and O–H groups in total. The van der Waals surface area contributed by atoms with Crippen molar-refractivity contribution in [1.82, 2.24) is 18.5 Å². The van der Waals surface area contributed by atoms with Crippen LogP contribution in [0.25, 0.3) is 116 Å². The summed E-state index contributed by atoms with van der Waals surface area (Å²) in [7, 11) is 0. The Morgan fingerprint density at radius 1 is 0.375 bits per heavy atom. The molecule has 8 aromatic carbocycles. The van der Waals surface area contributed by atoms with Gasteiger partial charge in [-0.05, 0) is 83.2 Å². The predicted octanol–water partition coefficient (Wildman–Crippen LogP) is 13.4. The minimum Gasteiger partial charge on any atom is -0.439 e. The van der Waals surface area contributed by atoms with Crippen molar-refractivity contribution in [2.24, 2.45) is 0 Å². The molecule has 0 aliphatic carbocycles. The molecular formula is C51H30N4O. The zero-order chi connectivity index (χ0) is 36.5. The number of fused-ring (bicyclic) bond motifs is 16. The molecule has 0 aliphatic rings. The van der Waals surface area contributed by atoms with E-state index in [-0.39, 0.29) is 0 Å². The Morgan fingerprint density at radius 2 is 0.857 bits per heavy atom. The highest BCUT2D eigenvalue weighted by Crippen LogP contribution is 2.42. The van der Waals surface area contributed by atoms with Gasteiger partial charge in [-0.25, -0.2) is 4.98 Å². The molecule has 13 rings (SSSR count).